The molecule has 0 bridgehead atoms. The van der Waals surface area contributed by atoms with Crippen LogP contribution in [0.2, 0.25) is 0 Å². The molecule has 2 aromatic rings. The normalized spacial score (nSPS) is 13.1. The lowest BCUT2D eigenvalue weighted by Gasteiger charge is -2.23. The number of aryl methyl sites for hydroxylation is 1. The van der Waals surface area contributed by atoms with Gasteiger partial charge in [0.05, 0.1) is 21.3 Å². The van der Waals surface area contributed by atoms with Gasteiger partial charge < -0.3 is 19.1 Å². The number of carbonyl (C=O) groups excluding carboxylic acids is 1. The molecule has 0 spiro atoms. The Morgan fingerprint density at radius 1 is 0.889 bits per heavy atom. The molecule has 144 valence electrons. The summed E-state index contributed by atoms with van der Waals surface area (Å²) in [5, 5.41) is 0. The van der Waals surface area contributed by atoms with Gasteiger partial charge in [-0.1, -0.05) is 12.1 Å². The molecule has 1 fully saturated rings. The highest BCUT2D eigenvalue weighted by molar-refractivity contribution is 5.77. The molecule has 3 rings (SSSR count). The summed E-state index contributed by atoms with van der Waals surface area (Å²) in [4.78, 5) is 14.9. The molecule has 0 radical (unpaired) electrons. The lowest BCUT2D eigenvalue weighted by Crippen LogP contribution is -2.32. The van der Waals surface area contributed by atoms with Crippen LogP contribution in [0, 0.1) is 0 Å². The van der Waals surface area contributed by atoms with Crippen molar-refractivity contribution in [2.75, 3.05) is 21.3 Å². The molecule has 1 aliphatic rings. The molecule has 2 aromatic carbocycles. The average molecular weight is 369 g/mol. The molecule has 5 nitrogen and oxygen atoms in total. The minimum absolute atomic E-state index is 0.190. The lowest BCUT2D eigenvalue weighted by molar-refractivity contribution is -0.132. The highest BCUT2D eigenvalue weighted by Crippen LogP contribution is 2.30. The second-order valence-electron chi connectivity index (χ2n) is 6.82. The molecule has 0 atom stereocenters. The average Bonchev–Trinajstić information content (AvgIpc) is 3.55. The van der Waals surface area contributed by atoms with E-state index in [0.29, 0.717) is 25.4 Å². The Labute approximate surface area is 160 Å². The van der Waals surface area contributed by atoms with Crippen molar-refractivity contribution >= 4 is 5.91 Å². The Morgan fingerprint density at radius 2 is 1.48 bits per heavy atom. The Bertz CT molecular complexity index is 746. The van der Waals surface area contributed by atoms with E-state index in [1.165, 1.54) is 0 Å². The van der Waals surface area contributed by atoms with Gasteiger partial charge in [0.2, 0.25) is 5.91 Å². The van der Waals surface area contributed by atoms with E-state index in [2.05, 4.69) is 0 Å². The molecule has 0 N–H and O–H groups in total. The fourth-order valence-corrected chi connectivity index (χ4v) is 3.14. The fourth-order valence-electron chi connectivity index (χ4n) is 3.14. The van der Waals surface area contributed by atoms with E-state index in [4.69, 9.17) is 14.2 Å². The number of amides is 1. The van der Waals surface area contributed by atoms with Gasteiger partial charge in [0.1, 0.15) is 17.2 Å². The maximum absolute atomic E-state index is 12.9. The summed E-state index contributed by atoms with van der Waals surface area (Å²) in [6, 6.07) is 14.1. The zero-order valence-electron chi connectivity index (χ0n) is 16.2. The van der Waals surface area contributed by atoms with E-state index in [-0.39, 0.29) is 5.91 Å². The number of methoxy groups -OCH3 is 3. The highest BCUT2D eigenvalue weighted by Gasteiger charge is 2.32. The maximum atomic E-state index is 12.9. The van der Waals surface area contributed by atoms with Crippen LogP contribution in [-0.4, -0.2) is 38.2 Å². The third kappa shape index (κ3) is 5.16. The third-order valence-corrected chi connectivity index (χ3v) is 4.86. The summed E-state index contributed by atoms with van der Waals surface area (Å²) < 4.78 is 15.8. The number of rotatable bonds is 9. The van der Waals surface area contributed by atoms with E-state index >= 15 is 0 Å². The van der Waals surface area contributed by atoms with Crippen molar-refractivity contribution in [3.63, 3.8) is 0 Å². The Kier molecular flexibility index (Phi) is 6.22. The summed E-state index contributed by atoms with van der Waals surface area (Å²) >= 11 is 0. The number of benzene rings is 2. The predicted octanol–water partition coefficient (Wildman–Crippen LogP) is 3.84. The van der Waals surface area contributed by atoms with Crippen molar-refractivity contribution in [3.8, 4) is 17.2 Å². The summed E-state index contributed by atoms with van der Waals surface area (Å²) in [7, 11) is 4.92. The van der Waals surface area contributed by atoms with Gasteiger partial charge >= 0.3 is 0 Å². The predicted molar refractivity (Wildman–Crippen MR) is 104 cm³/mol. The minimum atomic E-state index is 0.190. The Hall–Kier alpha value is -2.69. The molecule has 0 heterocycles. The smallest absolute Gasteiger partial charge is 0.223 e. The van der Waals surface area contributed by atoms with Crippen molar-refractivity contribution in [2.24, 2.45) is 0 Å². The molecule has 0 aliphatic heterocycles. The van der Waals surface area contributed by atoms with Crippen molar-refractivity contribution < 1.29 is 19.0 Å². The van der Waals surface area contributed by atoms with Crippen LogP contribution < -0.4 is 14.2 Å². The summed E-state index contributed by atoms with van der Waals surface area (Å²) in [6.07, 6.45) is 3.32. The van der Waals surface area contributed by atoms with Crippen molar-refractivity contribution in [2.45, 2.75) is 38.3 Å². The molecule has 0 unspecified atom stereocenters. The Morgan fingerprint density at radius 3 is 2.00 bits per heavy atom. The first-order valence-corrected chi connectivity index (χ1v) is 9.27. The first-order valence-electron chi connectivity index (χ1n) is 9.27. The quantitative estimate of drug-likeness (QED) is 0.674. The van der Waals surface area contributed by atoms with Gasteiger partial charge in [-0.2, -0.15) is 0 Å². The first-order chi connectivity index (χ1) is 13.1. The molecule has 27 heavy (non-hydrogen) atoms. The van der Waals surface area contributed by atoms with Crippen LogP contribution in [-0.2, 0) is 17.8 Å². The molecular weight excluding hydrogens is 342 g/mol. The molecule has 5 heteroatoms. The molecule has 1 saturated carbocycles. The van der Waals surface area contributed by atoms with Crippen molar-refractivity contribution in [1.29, 1.82) is 0 Å². The van der Waals surface area contributed by atoms with Gasteiger partial charge in [-0.15, -0.1) is 0 Å². The summed E-state index contributed by atoms with van der Waals surface area (Å²) in [5.74, 6) is 2.51. The second-order valence-corrected chi connectivity index (χ2v) is 6.82. The number of ether oxygens (including phenoxy) is 3. The van der Waals surface area contributed by atoms with Crippen LogP contribution in [0.5, 0.6) is 17.2 Å². The minimum Gasteiger partial charge on any atom is -0.497 e. The SMILES string of the molecule is COc1ccc(CN(C(=O)CCc2cc(OC)cc(OC)c2)C2CC2)cc1. The first kappa shape index (κ1) is 19.1. The van der Waals surface area contributed by atoms with E-state index in [9.17, 15) is 4.79 Å². The Balaban J connectivity index is 1.63. The van der Waals surface area contributed by atoms with Crippen LogP contribution in [0.4, 0.5) is 0 Å². The van der Waals surface area contributed by atoms with Crippen LogP contribution >= 0.6 is 0 Å². The van der Waals surface area contributed by atoms with Crippen molar-refractivity contribution in [3.05, 3.63) is 53.6 Å². The van der Waals surface area contributed by atoms with Gasteiger partial charge in [0.25, 0.3) is 0 Å². The maximum Gasteiger partial charge on any atom is 0.223 e. The van der Waals surface area contributed by atoms with Gasteiger partial charge in [-0.25, -0.2) is 0 Å². The number of hydrogen-bond acceptors (Lipinski definition) is 4. The van der Waals surface area contributed by atoms with Gasteiger partial charge in [0, 0.05) is 25.1 Å². The molecule has 1 aliphatic carbocycles. The zero-order chi connectivity index (χ0) is 19.2. The number of carbonyl (C=O) groups is 1. The highest BCUT2D eigenvalue weighted by atomic mass is 16.5. The van der Waals surface area contributed by atoms with Gasteiger partial charge in [0.15, 0.2) is 0 Å². The molecule has 1 amide bonds. The summed E-state index contributed by atoms with van der Waals surface area (Å²) in [6.45, 7) is 0.648. The fraction of sp³-hybridized carbons (Fsp3) is 0.409. The number of hydrogen-bond donors (Lipinski definition) is 0. The number of nitrogens with zero attached hydrogens (tertiary/aromatic N) is 1. The van der Waals surface area contributed by atoms with Crippen molar-refractivity contribution in [1.82, 2.24) is 4.90 Å². The van der Waals surface area contributed by atoms with Crippen LogP contribution in [0.25, 0.3) is 0 Å². The van der Waals surface area contributed by atoms with E-state index < -0.39 is 0 Å². The van der Waals surface area contributed by atoms with Crippen LogP contribution in [0.3, 0.4) is 0 Å². The monoisotopic (exact) mass is 369 g/mol. The summed E-state index contributed by atoms with van der Waals surface area (Å²) in [5.41, 5.74) is 2.17. The van der Waals surface area contributed by atoms with Gasteiger partial charge in [-0.3, -0.25) is 4.79 Å². The largest absolute Gasteiger partial charge is 0.497 e. The van der Waals surface area contributed by atoms with Crippen LogP contribution in [0.1, 0.15) is 30.4 Å². The van der Waals surface area contributed by atoms with E-state index in [1.54, 1.807) is 21.3 Å². The third-order valence-electron chi connectivity index (χ3n) is 4.86. The van der Waals surface area contributed by atoms with E-state index in [0.717, 1.165) is 41.2 Å². The molecular formula is C22H27NO4. The standard InChI is InChI=1S/C22H27NO4/c1-25-19-9-4-16(5-10-19)15-23(18-7-8-18)22(24)11-6-17-12-20(26-2)14-21(13-17)27-3/h4-5,9-10,12-14,18H,6-8,11,15H2,1-3H3. The second kappa shape index (κ2) is 8.80. The zero-order valence-corrected chi connectivity index (χ0v) is 16.2. The lowest BCUT2D eigenvalue weighted by atomic mass is 10.1. The van der Waals surface area contributed by atoms with E-state index in [1.807, 2.05) is 47.4 Å². The molecule has 0 saturated heterocycles. The topological polar surface area (TPSA) is 48.0 Å². The van der Waals surface area contributed by atoms with Crippen LogP contribution in [0.15, 0.2) is 42.5 Å². The molecule has 0 aromatic heterocycles. The van der Waals surface area contributed by atoms with Gasteiger partial charge in [-0.05, 0) is 54.7 Å².